The van der Waals surface area contributed by atoms with Crippen molar-refractivity contribution < 1.29 is 27.6 Å². The van der Waals surface area contributed by atoms with Gasteiger partial charge in [0.15, 0.2) is 0 Å². The monoisotopic (exact) mass is 425 g/mol. The van der Waals surface area contributed by atoms with Crippen LogP contribution in [0, 0.1) is 0 Å². The third kappa shape index (κ3) is 3.91. The first kappa shape index (κ1) is 20.7. The largest absolute Gasteiger partial charge is 0.418 e. The predicted octanol–water partition coefficient (Wildman–Crippen LogP) is 3.76. The number of hydrogen-bond donors (Lipinski definition) is 2. The van der Waals surface area contributed by atoms with Crippen LogP contribution in [0.1, 0.15) is 18.1 Å². The number of urea groups is 1. The van der Waals surface area contributed by atoms with E-state index in [0.717, 1.165) is 12.1 Å². The number of nitrogens with one attached hydrogen (secondary N) is 2. The van der Waals surface area contributed by atoms with Gasteiger partial charge in [-0.05, 0) is 25.1 Å². The lowest BCUT2D eigenvalue weighted by molar-refractivity contribution is -0.137. The Bertz CT molecular complexity index is 996. The van der Waals surface area contributed by atoms with Crippen LogP contribution < -0.4 is 10.6 Å². The molecular weight excluding hydrogens is 411 g/mol. The van der Waals surface area contributed by atoms with E-state index in [-0.39, 0.29) is 5.02 Å². The summed E-state index contributed by atoms with van der Waals surface area (Å²) < 4.78 is 39.2. The summed E-state index contributed by atoms with van der Waals surface area (Å²) in [5.41, 5.74) is -2.66. The van der Waals surface area contributed by atoms with Gasteiger partial charge < -0.3 is 10.6 Å². The zero-order valence-electron chi connectivity index (χ0n) is 15.0. The maximum Gasteiger partial charge on any atom is 0.418 e. The maximum absolute atomic E-state index is 13.1. The molecule has 3 rings (SSSR count). The zero-order chi connectivity index (χ0) is 21.4. The second kappa shape index (κ2) is 7.40. The topological polar surface area (TPSA) is 78.5 Å². The van der Waals surface area contributed by atoms with Crippen LogP contribution in [0.2, 0.25) is 5.02 Å². The number of rotatable bonds is 4. The van der Waals surface area contributed by atoms with Gasteiger partial charge in [-0.3, -0.25) is 14.5 Å². The molecule has 0 bridgehead atoms. The average molecular weight is 426 g/mol. The van der Waals surface area contributed by atoms with Crippen LogP contribution in [0.5, 0.6) is 0 Å². The standard InChI is InChI=1S/C19H15ClF3N3O3/c1-18(11-6-2-4-8-13(11)20)16(28)26(17(29)25-18)10-15(27)24-14-9-5-3-7-12(14)19(21,22)23/h2-9H,10H2,1H3,(H,24,27)(H,25,29)/t18-/m0/s1. The van der Waals surface area contributed by atoms with E-state index in [1.54, 1.807) is 24.3 Å². The molecular formula is C19H15ClF3N3O3. The molecule has 0 saturated carbocycles. The van der Waals surface area contributed by atoms with Crippen molar-refractivity contribution in [2.75, 3.05) is 11.9 Å². The van der Waals surface area contributed by atoms with E-state index in [0.29, 0.717) is 10.5 Å². The number of halogens is 4. The summed E-state index contributed by atoms with van der Waals surface area (Å²) in [5.74, 6) is -1.69. The lowest BCUT2D eigenvalue weighted by Crippen LogP contribution is -2.42. The minimum absolute atomic E-state index is 0.244. The summed E-state index contributed by atoms with van der Waals surface area (Å²) in [7, 11) is 0. The Hall–Kier alpha value is -3.07. The van der Waals surface area contributed by atoms with Crippen LogP contribution in [0.15, 0.2) is 48.5 Å². The van der Waals surface area contributed by atoms with Crippen molar-refractivity contribution in [3.8, 4) is 0 Å². The number of benzene rings is 2. The Morgan fingerprint density at radius 3 is 2.41 bits per heavy atom. The lowest BCUT2D eigenvalue weighted by Gasteiger charge is -2.23. The molecule has 10 heteroatoms. The van der Waals surface area contributed by atoms with Gasteiger partial charge >= 0.3 is 12.2 Å². The highest BCUT2D eigenvalue weighted by atomic mass is 35.5. The van der Waals surface area contributed by atoms with Crippen molar-refractivity contribution in [2.24, 2.45) is 0 Å². The Labute approximate surface area is 168 Å². The number of carbonyl (C=O) groups is 3. The zero-order valence-corrected chi connectivity index (χ0v) is 15.8. The smallest absolute Gasteiger partial charge is 0.324 e. The van der Waals surface area contributed by atoms with Crippen LogP contribution >= 0.6 is 11.6 Å². The third-order valence-electron chi connectivity index (χ3n) is 4.50. The summed E-state index contributed by atoms with van der Waals surface area (Å²) in [5, 5.41) is 4.83. The minimum Gasteiger partial charge on any atom is -0.324 e. The number of imide groups is 1. The van der Waals surface area contributed by atoms with E-state index in [1.807, 2.05) is 0 Å². The number of hydrogen-bond acceptors (Lipinski definition) is 3. The van der Waals surface area contributed by atoms with Crippen LogP contribution in [0.4, 0.5) is 23.7 Å². The van der Waals surface area contributed by atoms with Crippen molar-refractivity contribution in [3.05, 3.63) is 64.7 Å². The molecule has 1 aliphatic heterocycles. The SMILES string of the molecule is C[C@@]1(c2ccccc2Cl)NC(=O)N(CC(=O)Nc2ccccc2C(F)(F)F)C1=O. The number of anilines is 1. The fourth-order valence-electron chi connectivity index (χ4n) is 3.06. The molecule has 2 N–H and O–H groups in total. The molecule has 2 aromatic carbocycles. The highest BCUT2D eigenvalue weighted by molar-refractivity contribution is 6.32. The number of amides is 4. The molecule has 1 atom stereocenters. The summed E-state index contributed by atoms with van der Waals surface area (Å²) in [4.78, 5) is 38.0. The second-order valence-electron chi connectivity index (χ2n) is 6.52. The van der Waals surface area contributed by atoms with Gasteiger partial charge in [-0.1, -0.05) is 41.9 Å². The minimum atomic E-state index is -4.67. The van der Waals surface area contributed by atoms with Crippen molar-refractivity contribution in [3.63, 3.8) is 0 Å². The Balaban J connectivity index is 1.80. The molecule has 0 unspecified atom stereocenters. The van der Waals surface area contributed by atoms with Crippen molar-refractivity contribution in [2.45, 2.75) is 18.6 Å². The highest BCUT2D eigenvalue weighted by Crippen LogP contribution is 2.35. The Morgan fingerprint density at radius 1 is 1.14 bits per heavy atom. The summed E-state index contributed by atoms with van der Waals surface area (Å²) >= 11 is 6.12. The summed E-state index contributed by atoms with van der Waals surface area (Å²) in [6, 6.07) is 9.96. The molecule has 0 radical (unpaired) electrons. The Kier molecular flexibility index (Phi) is 5.27. The third-order valence-corrected chi connectivity index (χ3v) is 4.83. The fourth-order valence-corrected chi connectivity index (χ4v) is 3.39. The normalized spacial score (nSPS) is 19.3. The average Bonchev–Trinajstić information content (AvgIpc) is 2.85. The van der Waals surface area contributed by atoms with Gasteiger partial charge in [-0.25, -0.2) is 4.79 Å². The molecule has 0 aliphatic carbocycles. The molecule has 0 aromatic heterocycles. The number of nitrogens with zero attached hydrogens (tertiary/aromatic N) is 1. The molecule has 0 spiro atoms. The van der Waals surface area contributed by atoms with E-state index in [1.165, 1.54) is 19.1 Å². The first-order valence-corrected chi connectivity index (χ1v) is 8.77. The summed E-state index contributed by atoms with van der Waals surface area (Å²) in [6.45, 7) is 0.683. The predicted molar refractivity (Wildman–Crippen MR) is 99.1 cm³/mol. The number of para-hydroxylation sites is 1. The van der Waals surface area contributed by atoms with Crippen LogP contribution in [0.25, 0.3) is 0 Å². The molecule has 1 fully saturated rings. The lowest BCUT2D eigenvalue weighted by atomic mass is 9.92. The summed E-state index contributed by atoms with van der Waals surface area (Å²) in [6.07, 6.45) is -4.67. The van der Waals surface area contributed by atoms with Crippen LogP contribution in [0.3, 0.4) is 0 Å². The second-order valence-corrected chi connectivity index (χ2v) is 6.93. The molecule has 1 aliphatic rings. The Morgan fingerprint density at radius 2 is 1.76 bits per heavy atom. The van der Waals surface area contributed by atoms with Crippen molar-refractivity contribution in [1.29, 1.82) is 0 Å². The van der Waals surface area contributed by atoms with Crippen molar-refractivity contribution >= 4 is 35.1 Å². The maximum atomic E-state index is 13.1. The fraction of sp³-hybridized carbons (Fsp3) is 0.211. The van der Waals surface area contributed by atoms with Gasteiger partial charge in [0, 0.05) is 10.6 Å². The van der Waals surface area contributed by atoms with Crippen molar-refractivity contribution in [1.82, 2.24) is 10.2 Å². The van der Waals surface area contributed by atoms with Gasteiger partial charge in [0.05, 0.1) is 11.3 Å². The molecule has 6 nitrogen and oxygen atoms in total. The molecule has 1 saturated heterocycles. The molecule has 29 heavy (non-hydrogen) atoms. The van der Waals surface area contributed by atoms with E-state index in [2.05, 4.69) is 10.6 Å². The molecule has 2 aromatic rings. The number of carbonyl (C=O) groups excluding carboxylic acids is 3. The van der Waals surface area contributed by atoms with Gasteiger partial charge in [0.25, 0.3) is 5.91 Å². The van der Waals surface area contributed by atoms with Gasteiger partial charge in [-0.2, -0.15) is 13.2 Å². The molecule has 4 amide bonds. The van der Waals surface area contributed by atoms with Gasteiger partial charge in [0.2, 0.25) is 5.91 Å². The van der Waals surface area contributed by atoms with E-state index < -0.39 is 47.4 Å². The van der Waals surface area contributed by atoms with E-state index in [9.17, 15) is 27.6 Å². The van der Waals surface area contributed by atoms with Gasteiger partial charge in [0.1, 0.15) is 12.1 Å². The van der Waals surface area contributed by atoms with E-state index in [4.69, 9.17) is 11.6 Å². The molecule has 152 valence electrons. The van der Waals surface area contributed by atoms with Gasteiger partial charge in [-0.15, -0.1) is 0 Å². The van der Waals surface area contributed by atoms with E-state index >= 15 is 0 Å². The first-order chi connectivity index (χ1) is 13.5. The van der Waals surface area contributed by atoms with Crippen LogP contribution in [-0.4, -0.2) is 29.3 Å². The quantitative estimate of drug-likeness (QED) is 0.732. The highest BCUT2D eigenvalue weighted by Gasteiger charge is 2.50. The van der Waals surface area contributed by atoms with Crippen LogP contribution in [-0.2, 0) is 21.3 Å². The number of alkyl halides is 3. The first-order valence-electron chi connectivity index (χ1n) is 8.39. The molecule has 1 heterocycles.